The molecular formula is C16H19N5O3. The molecule has 8 heteroatoms. The summed E-state index contributed by atoms with van der Waals surface area (Å²) in [4.78, 5) is 29.5. The van der Waals surface area contributed by atoms with Crippen molar-refractivity contribution in [3.63, 3.8) is 0 Å². The van der Waals surface area contributed by atoms with Gasteiger partial charge < -0.3 is 9.64 Å². The number of hydrogen-bond acceptors (Lipinski definition) is 5. The van der Waals surface area contributed by atoms with E-state index in [0.29, 0.717) is 18.8 Å². The minimum Gasteiger partial charge on any atom is -0.497 e. The van der Waals surface area contributed by atoms with Gasteiger partial charge in [-0.1, -0.05) is 12.1 Å². The highest BCUT2D eigenvalue weighted by Crippen LogP contribution is 2.18. The monoisotopic (exact) mass is 329 g/mol. The molecule has 1 saturated heterocycles. The lowest BCUT2D eigenvalue weighted by atomic mass is 10.1. The number of amides is 2. The zero-order chi connectivity index (χ0) is 17.1. The van der Waals surface area contributed by atoms with E-state index in [4.69, 9.17) is 4.74 Å². The summed E-state index contributed by atoms with van der Waals surface area (Å²) in [5, 5.41) is 9.47. The fourth-order valence-electron chi connectivity index (χ4n) is 2.62. The van der Waals surface area contributed by atoms with Crippen LogP contribution in [0.2, 0.25) is 0 Å². The predicted octanol–water partition coefficient (Wildman–Crippen LogP) is 0.821. The van der Waals surface area contributed by atoms with E-state index in [-0.39, 0.29) is 30.1 Å². The second-order valence-electron chi connectivity index (χ2n) is 5.80. The summed E-state index contributed by atoms with van der Waals surface area (Å²) in [5.41, 5.74) is 1.05. The van der Waals surface area contributed by atoms with Crippen LogP contribution in [0, 0.1) is 5.92 Å². The van der Waals surface area contributed by atoms with E-state index in [1.807, 2.05) is 24.3 Å². The molecular weight excluding hydrogens is 310 g/mol. The van der Waals surface area contributed by atoms with Crippen molar-refractivity contribution in [2.45, 2.75) is 12.8 Å². The molecule has 126 valence electrons. The number of carbonyl (C=O) groups excluding carboxylic acids is 2. The maximum absolute atomic E-state index is 12.1. The first-order valence-electron chi connectivity index (χ1n) is 7.64. The summed E-state index contributed by atoms with van der Waals surface area (Å²) in [7, 11) is 3.31. The fourth-order valence-corrected chi connectivity index (χ4v) is 2.62. The third-order valence-corrected chi connectivity index (χ3v) is 4.01. The highest BCUT2D eigenvalue weighted by atomic mass is 16.5. The van der Waals surface area contributed by atoms with Gasteiger partial charge in [0.2, 0.25) is 17.8 Å². The van der Waals surface area contributed by atoms with Crippen molar-refractivity contribution >= 4 is 17.8 Å². The summed E-state index contributed by atoms with van der Waals surface area (Å²) in [6.07, 6.45) is 0.795. The molecule has 0 bridgehead atoms. The van der Waals surface area contributed by atoms with Crippen LogP contribution in [-0.2, 0) is 16.0 Å². The molecule has 1 fully saturated rings. The number of rotatable bonds is 5. The van der Waals surface area contributed by atoms with Crippen LogP contribution in [0.25, 0.3) is 0 Å². The Hall–Kier alpha value is -2.90. The van der Waals surface area contributed by atoms with Gasteiger partial charge in [-0.3, -0.25) is 20.0 Å². The van der Waals surface area contributed by atoms with Crippen molar-refractivity contribution < 1.29 is 14.3 Å². The molecule has 0 radical (unpaired) electrons. The molecule has 1 aromatic heterocycles. The number of aromatic amines is 1. The lowest BCUT2D eigenvalue weighted by molar-refractivity contribution is -0.127. The van der Waals surface area contributed by atoms with E-state index in [1.165, 1.54) is 0 Å². The third-order valence-electron chi connectivity index (χ3n) is 4.01. The summed E-state index contributed by atoms with van der Waals surface area (Å²) >= 11 is 0. The molecule has 1 atom stereocenters. The van der Waals surface area contributed by atoms with Crippen molar-refractivity contribution in [3.8, 4) is 5.75 Å². The topological polar surface area (TPSA) is 100 Å². The predicted molar refractivity (Wildman–Crippen MR) is 86.6 cm³/mol. The molecule has 2 N–H and O–H groups in total. The number of carbonyl (C=O) groups is 2. The minimum atomic E-state index is -0.356. The Morgan fingerprint density at radius 1 is 1.42 bits per heavy atom. The number of nitrogens with zero attached hydrogens (tertiary/aromatic N) is 3. The molecule has 8 nitrogen and oxygen atoms in total. The molecule has 2 aromatic rings. The number of likely N-dealkylation sites (tertiary alicyclic amines) is 1. The summed E-state index contributed by atoms with van der Waals surface area (Å²) in [6, 6.07) is 7.64. The standard InChI is InChI=1S/C16H19N5O3/c1-21-9-11(8-14(21)22)15(23)18-16-17-13(19-20-16)7-10-3-5-12(24-2)6-4-10/h3-6,11H,7-9H2,1-2H3,(H2,17,18,19,20,23). The van der Waals surface area contributed by atoms with Crippen LogP contribution >= 0.6 is 0 Å². The minimum absolute atomic E-state index is 0.0228. The van der Waals surface area contributed by atoms with Gasteiger partial charge in [0.25, 0.3) is 0 Å². The van der Waals surface area contributed by atoms with E-state index in [0.717, 1.165) is 11.3 Å². The lowest BCUT2D eigenvalue weighted by Crippen LogP contribution is -2.26. The molecule has 1 aliphatic rings. The number of benzene rings is 1. The molecule has 3 rings (SSSR count). The number of anilines is 1. The van der Waals surface area contributed by atoms with Gasteiger partial charge in [0, 0.05) is 26.4 Å². The molecule has 2 heterocycles. The quantitative estimate of drug-likeness (QED) is 0.846. The molecule has 1 unspecified atom stereocenters. The first-order chi connectivity index (χ1) is 11.5. The van der Waals surface area contributed by atoms with E-state index < -0.39 is 0 Å². The zero-order valence-electron chi connectivity index (χ0n) is 13.6. The summed E-state index contributed by atoms with van der Waals surface area (Å²) in [5.74, 6) is 1.06. The third kappa shape index (κ3) is 3.53. The summed E-state index contributed by atoms with van der Waals surface area (Å²) < 4.78 is 5.12. The fraction of sp³-hybridized carbons (Fsp3) is 0.375. The molecule has 2 amide bonds. The van der Waals surface area contributed by atoms with Crippen molar-refractivity contribution in [3.05, 3.63) is 35.7 Å². The highest BCUT2D eigenvalue weighted by molar-refractivity contribution is 5.96. The largest absolute Gasteiger partial charge is 0.497 e. The second-order valence-corrected chi connectivity index (χ2v) is 5.80. The Bertz CT molecular complexity index is 740. The van der Waals surface area contributed by atoms with Gasteiger partial charge in [0.05, 0.1) is 13.0 Å². The Labute approximate surface area is 139 Å². The van der Waals surface area contributed by atoms with Crippen LogP contribution in [0.3, 0.4) is 0 Å². The average molecular weight is 329 g/mol. The van der Waals surface area contributed by atoms with Gasteiger partial charge in [0.1, 0.15) is 11.6 Å². The normalized spacial score (nSPS) is 17.2. The van der Waals surface area contributed by atoms with E-state index in [1.54, 1.807) is 19.1 Å². The van der Waals surface area contributed by atoms with E-state index in [9.17, 15) is 9.59 Å². The van der Waals surface area contributed by atoms with Crippen LogP contribution in [0.15, 0.2) is 24.3 Å². The van der Waals surface area contributed by atoms with Crippen molar-refractivity contribution in [2.24, 2.45) is 5.92 Å². The molecule has 0 spiro atoms. The van der Waals surface area contributed by atoms with E-state index in [2.05, 4.69) is 20.5 Å². The number of ether oxygens (including phenoxy) is 1. The number of aromatic nitrogens is 3. The second kappa shape index (κ2) is 6.69. The van der Waals surface area contributed by atoms with Crippen molar-refractivity contribution in [1.29, 1.82) is 0 Å². The van der Waals surface area contributed by atoms with Crippen LogP contribution in [0.5, 0.6) is 5.75 Å². The van der Waals surface area contributed by atoms with Crippen LogP contribution < -0.4 is 10.1 Å². The van der Waals surface area contributed by atoms with Gasteiger partial charge in [-0.2, -0.15) is 4.98 Å². The SMILES string of the molecule is COc1ccc(Cc2nc(NC(=O)C3CC(=O)N(C)C3)n[nH]2)cc1. The maximum atomic E-state index is 12.1. The van der Waals surface area contributed by atoms with E-state index >= 15 is 0 Å². The van der Waals surface area contributed by atoms with Gasteiger partial charge in [0.15, 0.2) is 0 Å². The Morgan fingerprint density at radius 2 is 2.17 bits per heavy atom. The number of hydrogen-bond donors (Lipinski definition) is 2. The Kier molecular flexibility index (Phi) is 4.45. The molecule has 0 aliphatic carbocycles. The first-order valence-corrected chi connectivity index (χ1v) is 7.64. The van der Waals surface area contributed by atoms with Gasteiger partial charge in [-0.25, -0.2) is 0 Å². The molecule has 1 aliphatic heterocycles. The smallest absolute Gasteiger partial charge is 0.248 e. The van der Waals surface area contributed by atoms with Gasteiger partial charge >= 0.3 is 0 Å². The Morgan fingerprint density at radius 3 is 2.79 bits per heavy atom. The van der Waals surface area contributed by atoms with Gasteiger partial charge in [-0.15, -0.1) is 5.10 Å². The van der Waals surface area contributed by atoms with Crippen LogP contribution in [0.4, 0.5) is 5.95 Å². The number of methoxy groups -OCH3 is 1. The maximum Gasteiger partial charge on any atom is 0.248 e. The average Bonchev–Trinajstić information content (AvgIpc) is 3.15. The van der Waals surface area contributed by atoms with Crippen molar-refractivity contribution in [2.75, 3.05) is 26.0 Å². The van der Waals surface area contributed by atoms with Gasteiger partial charge in [-0.05, 0) is 17.7 Å². The zero-order valence-corrected chi connectivity index (χ0v) is 13.6. The molecule has 0 saturated carbocycles. The number of H-pyrrole nitrogens is 1. The van der Waals surface area contributed by atoms with Crippen molar-refractivity contribution in [1.82, 2.24) is 20.1 Å². The van der Waals surface area contributed by atoms with Crippen LogP contribution in [0.1, 0.15) is 17.8 Å². The highest BCUT2D eigenvalue weighted by Gasteiger charge is 2.32. The first kappa shape index (κ1) is 16.0. The molecule has 24 heavy (non-hydrogen) atoms. The lowest BCUT2D eigenvalue weighted by Gasteiger charge is -2.08. The Balaban J connectivity index is 1.59. The summed E-state index contributed by atoms with van der Waals surface area (Å²) in [6.45, 7) is 0.424. The van der Waals surface area contributed by atoms with Crippen LogP contribution in [-0.4, -0.2) is 52.6 Å². The molecule has 1 aromatic carbocycles. The number of nitrogens with one attached hydrogen (secondary N) is 2.